The van der Waals surface area contributed by atoms with Gasteiger partial charge in [0.05, 0.1) is 0 Å². The standard InChI is InChI=1S/C16H20N2O5S2/c1-9(2)13(18-14(19)12(17)15(18)24-4)16(20)23-25(21,22)11-7-5-10(3)6-8-11/h5-8,12,15H,17H2,1-4H3. The summed E-state index contributed by atoms with van der Waals surface area (Å²) >= 11 is 1.30. The summed E-state index contributed by atoms with van der Waals surface area (Å²) in [6.45, 7) is 5.01. The number of allylic oxidation sites excluding steroid dienone is 1. The lowest BCUT2D eigenvalue weighted by atomic mass is 10.1. The summed E-state index contributed by atoms with van der Waals surface area (Å²) in [5, 5.41) is -0.438. The van der Waals surface area contributed by atoms with Crippen LogP contribution in [0.25, 0.3) is 0 Å². The lowest BCUT2D eigenvalue weighted by Crippen LogP contribution is -2.67. The maximum atomic E-state index is 12.5. The van der Waals surface area contributed by atoms with Gasteiger partial charge in [-0.1, -0.05) is 17.7 Å². The van der Waals surface area contributed by atoms with Crippen molar-refractivity contribution in [2.24, 2.45) is 5.73 Å². The van der Waals surface area contributed by atoms with Crippen molar-refractivity contribution in [3.63, 3.8) is 0 Å². The summed E-state index contributed by atoms with van der Waals surface area (Å²) in [5.41, 5.74) is 6.97. The molecular weight excluding hydrogens is 364 g/mol. The summed E-state index contributed by atoms with van der Waals surface area (Å²) in [7, 11) is -4.29. The van der Waals surface area contributed by atoms with Crippen LogP contribution in [-0.4, -0.2) is 42.9 Å². The molecule has 2 unspecified atom stereocenters. The summed E-state index contributed by atoms with van der Waals surface area (Å²) in [5.74, 6) is -1.54. The summed E-state index contributed by atoms with van der Waals surface area (Å²) in [4.78, 5) is 25.6. The molecule has 7 nitrogen and oxygen atoms in total. The molecular formula is C16H20N2O5S2. The van der Waals surface area contributed by atoms with Crippen LogP contribution in [0.15, 0.2) is 40.4 Å². The molecule has 1 aromatic rings. The Hall–Kier alpha value is -1.84. The van der Waals surface area contributed by atoms with E-state index < -0.39 is 33.4 Å². The van der Waals surface area contributed by atoms with E-state index in [4.69, 9.17) is 9.92 Å². The highest BCUT2D eigenvalue weighted by molar-refractivity contribution is 7.99. The number of rotatable bonds is 5. The highest BCUT2D eigenvalue weighted by Crippen LogP contribution is 2.33. The first-order valence-corrected chi connectivity index (χ1v) is 10.1. The Morgan fingerprint density at radius 1 is 1.24 bits per heavy atom. The number of aryl methyl sites for hydroxylation is 1. The van der Waals surface area contributed by atoms with Crippen molar-refractivity contribution in [3.8, 4) is 0 Å². The Bertz CT molecular complexity index is 827. The molecule has 0 aromatic heterocycles. The lowest BCUT2D eigenvalue weighted by Gasteiger charge is -2.44. The van der Waals surface area contributed by atoms with E-state index in [2.05, 4.69) is 0 Å². The average Bonchev–Trinajstić information content (AvgIpc) is 2.53. The van der Waals surface area contributed by atoms with Gasteiger partial charge in [0.15, 0.2) is 0 Å². The van der Waals surface area contributed by atoms with Crippen LogP contribution in [0.4, 0.5) is 0 Å². The van der Waals surface area contributed by atoms with Gasteiger partial charge in [-0.2, -0.15) is 8.42 Å². The van der Waals surface area contributed by atoms with Crippen LogP contribution < -0.4 is 5.73 Å². The van der Waals surface area contributed by atoms with Crippen LogP contribution >= 0.6 is 11.8 Å². The minimum atomic E-state index is -4.29. The van der Waals surface area contributed by atoms with Crippen molar-refractivity contribution in [2.75, 3.05) is 6.26 Å². The fraction of sp³-hybridized carbons (Fsp3) is 0.375. The predicted molar refractivity (Wildman–Crippen MR) is 95.0 cm³/mol. The van der Waals surface area contributed by atoms with Gasteiger partial charge in [-0.25, -0.2) is 4.79 Å². The van der Waals surface area contributed by atoms with Gasteiger partial charge in [-0.3, -0.25) is 9.69 Å². The highest BCUT2D eigenvalue weighted by Gasteiger charge is 2.49. The number of thioether (sulfide) groups is 1. The maximum Gasteiger partial charge on any atom is 0.370 e. The third kappa shape index (κ3) is 3.73. The number of amides is 1. The third-order valence-electron chi connectivity index (χ3n) is 3.73. The number of nitrogens with two attached hydrogens (primary N) is 1. The largest absolute Gasteiger partial charge is 0.370 e. The van der Waals surface area contributed by atoms with Gasteiger partial charge in [-0.05, 0) is 44.7 Å². The molecule has 1 heterocycles. The first kappa shape index (κ1) is 19.5. The van der Waals surface area contributed by atoms with Crippen LogP contribution in [0, 0.1) is 6.92 Å². The molecule has 1 aliphatic rings. The molecule has 1 fully saturated rings. The van der Waals surface area contributed by atoms with Gasteiger partial charge >= 0.3 is 16.1 Å². The van der Waals surface area contributed by atoms with Gasteiger partial charge < -0.3 is 9.92 Å². The second-order valence-corrected chi connectivity index (χ2v) is 8.35. The number of benzene rings is 1. The van der Waals surface area contributed by atoms with E-state index in [0.29, 0.717) is 5.57 Å². The molecule has 9 heteroatoms. The van der Waals surface area contributed by atoms with Gasteiger partial charge in [0.25, 0.3) is 0 Å². The zero-order valence-corrected chi connectivity index (χ0v) is 16.0. The summed E-state index contributed by atoms with van der Waals surface area (Å²) < 4.78 is 29.4. The van der Waals surface area contributed by atoms with Crippen LogP contribution in [0.5, 0.6) is 0 Å². The predicted octanol–water partition coefficient (Wildman–Crippen LogP) is 1.38. The first-order chi connectivity index (χ1) is 11.6. The molecule has 1 aromatic carbocycles. The average molecular weight is 384 g/mol. The monoisotopic (exact) mass is 384 g/mol. The number of carbonyl (C=O) groups is 2. The molecule has 2 rings (SSSR count). The van der Waals surface area contributed by atoms with Crippen LogP contribution in [-0.2, 0) is 23.9 Å². The molecule has 0 radical (unpaired) electrons. The van der Waals surface area contributed by atoms with E-state index in [1.54, 1.807) is 32.2 Å². The molecule has 1 amide bonds. The number of β-lactam (4-membered cyclic amide) rings is 1. The molecule has 1 saturated heterocycles. The Labute approximate surface area is 151 Å². The fourth-order valence-corrected chi connectivity index (χ4v) is 4.09. The zero-order valence-electron chi connectivity index (χ0n) is 14.3. The topological polar surface area (TPSA) is 107 Å². The summed E-state index contributed by atoms with van der Waals surface area (Å²) in [6.07, 6.45) is 1.75. The van der Waals surface area contributed by atoms with Crippen molar-refractivity contribution >= 4 is 33.8 Å². The number of carbonyl (C=O) groups excluding carboxylic acids is 2. The molecule has 2 atom stereocenters. The minimum absolute atomic E-state index is 0.0956. The summed E-state index contributed by atoms with van der Waals surface area (Å²) in [6, 6.07) is 5.19. The van der Waals surface area contributed by atoms with Crippen LogP contribution in [0.2, 0.25) is 0 Å². The van der Waals surface area contributed by atoms with E-state index in [-0.39, 0.29) is 10.6 Å². The van der Waals surface area contributed by atoms with Crippen molar-refractivity contribution in [2.45, 2.75) is 37.1 Å². The quantitative estimate of drug-likeness (QED) is 0.464. The number of nitrogens with zero attached hydrogens (tertiary/aromatic N) is 1. The number of hydrogen-bond donors (Lipinski definition) is 1. The van der Waals surface area contributed by atoms with E-state index in [9.17, 15) is 18.0 Å². The van der Waals surface area contributed by atoms with Crippen LogP contribution in [0.1, 0.15) is 19.4 Å². The lowest BCUT2D eigenvalue weighted by molar-refractivity contribution is -0.146. The minimum Gasteiger partial charge on any atom is -0.336 e. The Morgan fingerprint density at radius 2 is 1.80 bits per heavy atom. The van der Waals surface area contributed by atoms with Crippen molar-refractivity contribution in [1.82, 2.24) is 4.90 Å². The molecule has 0 aliphatic carbocycles. The first-order valence-electron chi connectivity index (χ1n) is 7.44. The second kappa shape index (κ2) is 7.19. The zero-order chi connectivity index (χ0) is 18.9. The van der Waals surface area contributed by atoms with Crippen molar-refractivity contribution in [3.05, 3.63) is 41.1 Å². The van der Waals surface area contributed by atoms with Crippen molar-refractivity contribution < 1.29 is 22.2 Å². The molecule has 136 valence electrons. The van der Waals surface area contributed by atoms with Gasteiger partial charge in [0.2, 0.25) is 5.91 Å². The van der Waals surface area contributed by atoms with Crippen LogP contribution in [0.3, 0.4) is 0 Å². The number of likely N-dealkylation sites (tertiary alicyclic amines) is 1. The SMILES string of the molecule is CSC1C(N)C(=O)N1C(C(=O)OS(=O)(=O)c1ccc(C)cc1)=C(C)C. The van der Waals surface area contributed by atoms with Crippen molar-refractivity contribution in [1.29, 1.82) is 0 Å². The molecule has 0 spiro atoms. The third-order valence-corrected chi connectivity index (χ3v) is 5.94. The maximum absolute atomic E-state index is 12.5. The second-order valence-electron chi connectivity index (χ2n) is 5.85. The number of hydrogen-bond acceptors (Lipinski definition) is 7. The molecule has 0 bridgehead atoms. The normalized spacial score (nSPS) is 20.0. The Morgan fingerprint density at radius 3 is 2.28 bits per heavy atom. The molecule has 25 heavy (non-hydrogen) atoms. The fourth-order valence-electron chi connectivity index (χ4n) is 2.41. The smallest absolute Gasteiger partial charge is 0.336 e. The highest BCUT2D eigenvalue weighted by atomic mass is 32.2. The van der Waals surface area contributed by atoms with Gasteiger partial charge in [0, 0.05) is 0 Å². The molecule has 2 N–H and O–H groups in total. The van der Waals surface area contributed by atoms with Gasteiger partial charge in [0.1, 0.15) is 22.0 Å². The molecule has 1 aliphatic heterocycles. The van der Waals surface area contributed by atoms with E-state index in [1.165, 1.54) is 28.8 Å². The Kier molecular flexibility index (Phi) is 5.60. The van der Waals surface area contributed by atoms with E-state index >= 15 is 0 Å². The van der Waals surface area contributed by atoms with E-state index in [1.807, 2.05) is 6.92 Å². The van der Waals surface area contributed by atoms with Gasteiger partial charge in [-0.15, -0.1) is 11.8 Å². The molecule has 0 saturated carbocycles. The van der Waals surface area contributed by atoms with E-state index in [0.717, 1.165) is 5.56 Å². The Balaban J connectivity index is 2.29.